The monoisotopic (exact) mass is 341 g/mol. The molecule has 1 aromatic carbocycles. The van der Waals surface area contributed by atoms with Crippen LogP contribution in [0.1, 0.15) is 45.1 Å². The molecule has 0 aliphatic rings. The van der Waals surface area contributed by atoms with Crippen LogP contribution in [0.4, 0.5) is 0 Å². The van der Waals surface area contributed by atoms with Crippen molar-refractivity contribution in [3.8, 4) is 0 Å². The molecule has 0 radical (unpaired) electrons. The number of rotatable bonds is 3. The van der Waals surface area contributed by atoms with Gasteiger partial charge in [0.05, 0.1) is 26.6 Å². The summed E-state index contributed by atoms with van der Waals surface area (Å²) in [5, 5.41) is 0.969. The van der Waals surface area contributed by atoms with Gasteiger partial charge in [-0.2, -0.15) is 0 Å². The van der Waals surface area contributed by atoms with E-state index in [9.17, 15) is 9.00 Å². The largest absolute Gasteiger partial charge is 0.310 e. The van der Waals surface area contributed by atoms with Crippen LogP contribution >= 0.6 is 11.6 Å². The number of fused-ring (bicyclic) bond motifs is 1. The van der Waals surface area contributed by atoms with E-state index in [1.165, 1.54) is 0 Å². The van der Waals surface area contributed by atoms with Crippen LogP contribution in [-0.4, -0.2) is 18.9 Å². The van der Waals surface area contributed by atoms with Gasteiger partial charge in [0.1, 0.15) is 5.82 Å². The second-order valence-electron chi connectivity index (χ2n) is 6.26. The summed E-state index contributed by atoms with van der Waals surface area (Å²) in [5.74, 6) is 0.543. The van der Waals surface area contributed by atoms with Crippen molar-refractivity contribution in [3.63, 3.8) is 0 Å². The molecule has 2 rings (SSSR count). The SMILES string of the molecule is Cc1nc2cc(Cl)c([C@H](C)N[S@](=O)C(C)(C)C)cc2c(=O)[nH]1. The Hall–Kier alpha value is -1.24. The number of hydrogen-bond donors (Lipinski definition) is 2. The van der Waals surface area contributed by atoms with Crippen LogP contribution in [0.15, 0.2) is 16.9 Å². The Morgan fingerprint density at radius 3 is 2.59 bits per heavy atom. The van der Waals surface area contributed by atoms with Crippen molar-refractivity contribution >= 4 is 33.5 Å². The number of benzene rings is 1. The van der Waals surface area contributed by atoms with Crippen molar-refractivity contribution in [2.24, 2.45) is 0 Å². The van der Waals surface area contributed by atoms with E-state index in [1.54, 1.807) is 19.1 Å². The molecule has 0 amide bonds. The van der Waals surface area contributed by atoms with Gasteiger partial charge in [-0.25, -0.2) is 13.9 Å². The van der Waals surface area contributed by atoms with Gasteiger partial charge in [0.15, 0.2) is 0 Å². The molecule has 1 aromatic heterocycles. The highest BCUT2D eigenvalue weighted by atomic mass is 35.5. The third-order valence-corrected chi connectivity index (χ3v) is 5.26. The van der Waals surface area contributed by atoms with Gasteiger partial charge in [0.2, 0.25) is 0 Å². The normalized spacial score (nSPS) is 15.0. The molecular formula is C15H20ClN3O2S. The van der Waals surface area contributed by atoms with Crippen LogP contribution in [0.2, 0.25) is 5.02 Å². The van der Waals surface area contributed by atoms with E-state index < -0.39 is 11.0 Å². The zero-order valence-electron chi connectivity index (χ0n) is 13.3. The molecular weight excluding hydrogens is 322 g/mol. The number of H-pyrrole nitrogens is 1. The second kappa shape index (κ2) is 6.10. The maximum absolute atomic E-state index is 12.2. The molecule has 2 atom stereocenters. The van der Waals surface area contributed by atoms with Gasteiger partial charge >= 0.3 is 0 Å². The first kappa shape index (κ1) is 17.1. The molecule has 120 valence electrons. The summed E-state index contributed by atoms with van der Waals surface area (Å²) < 4.78 is 14.9. The minimum absolute atomic E-state index is 0.204. The van der Waals surface area contributed by atoms with Crippen molar-refractivity contribution in [3.05, 3.63) is 38.9 Å². The van der Waals surface area contributed by atoms with Crippen molar-refractivity contribution in [1.82, 2.24) is 14.7 Å². The molecule has 0 saturated heterocycles. The topological polar surface area (TPSA) is 74.8 Å². The smallest absolute Gasteiger partial charge is 0.258 e. The fourth-order valence-electron chi connectivity index (χ4n) is 2.03. The molecule has 22 heavy (non-hydrogen) atoms. The van der Waals surface area contributed by atoms with Gasteiger partial charge in [-0.05, 0) is 52.3 Å². The highest BCUT2D eigenvalue weighted by Crippen LogP contribution is 2.27. The van der Waals surface area contributed by atoms with Gasteiger partial charge in [0.25, 0.3) is 5.56 Å². The fourth-order valence-corrected chi connectivity index (χ4v) is 3.15. The van der Waals surface area contributed by atoms with Gasteiger partial charge in [-0.15, -0.1) is 0 Å². The Balaban J connectivity index is 2.45. The molecule has 0 unspecified atom stereocenters. The fraction of sp³-hybridized carbons (Fsp3) is 0.467. The first-order valence-corrected chi connectivity index (χ1v) is 8.50. The van der Waals surface area contributed by atoms with E-state index in [2.05, 4.69) is 14.7 Å². The predicted molar refractivity (Wildman–Crippen MR) is 91.6 cm³/mol. The Labute approximate surface area is 137 Å². The Bertz CT molecular complexity index is 796. The molecule has 0 aliphatic carbocycles. The molecule has 0 spiro atoms. The summed E-state index contributed by atoms with van der Waals surface area (Å²) in [6, 6.07) is 3.13. The Kier molecular flexibility index (Phi) is 4.75. The highest BCUT2D eigenvalue weighted by molar-refractivity contribution is 7.84. The molecule has 2 aromatic rings. The van der Waals surface area contributed by atoms with Crippen LogP contribution in [0.5, 0.6) is 0 Å². The maximum Gasteiger partial charge on any atom is 0.258 e. The standard InChI is InChI=1S/C15H20ClN3O2S/c1-8(19-22(21)15(3,4)5)10-6-11-13(7-12(10)16)17-9(2)18-14(11)20/h6-8,19H,1-5H3,(H,17,18,20)/t8-,22+/m0/s1. The van der Waals surface area contributed by atoms with Crippen LogP contribution in [0.3, 0.4) is 0 Å². The number of halogens is 1. The van der Waals surface area contributed by atoms with Gasteiger partial charge < -0.3 is 4.98 Å². The van der Waals surface area contributed by atoms with Gasteiger partial charge in [-0.3, -0.25) is 4.79 Å². The van der Waals surface area contributed by atoms with Crippen LogP contribution < -0.4 is 10.3 Å². The van der Waals surface area contributed by atoms with E-state index in [0.717, 1.165) is 5.56 Å². The number of nitrogens with one attached hydrogen (secondary N) is 2. The quantitative estimate of drug-likeness (QED) is 0.901. The predicted octanol–water partition coefficient (Wildman–Crippen LogP) is 3.00. The van der Waals surface area contributed by atoms with Crippen molar-refractivity contribution in [2.75, 3.05) is 0 Å². The molecule has 2 N–H and O–H groups in total. The summed E-state index contributed by atoms with van der Waals surface area (Å²) in [6.45, 7) is 9.26. The van der Waals surface area contributed by atoms with Crippen LogP contribution in [0, 0.1) is 6.92 Å². The number of nitrogens with zero attached hydrogens (tertiary/aromatic N) is 1. The molecule has 5 nitrogen and oxygen atoms in total. The van der Waals surface area contributed by atoms with Gasteiger partial charge in [-0.1, -0.05) is 11.6 Å². The summed E-state index contributed by atoms with van der Waals surface area (Å²) in [6.07, 6.45) is 0. The van der Waals surface area contributed by atoms with Crippen molar-refractivity contribution in [1.29, 1.82) is 0 Å². The number of aromatic nitrogens is 2. The summed E-state index contributed by atoms with van der Waals surface area (Å²) in [7, 11) is -1.23. The molecule has 0 fully saturated rings. The maximum atomic E-state index is 12.2. The first-order chi connectivity index (χ1) is 10.1. The van der Waals surface area contributed by atoms with Crippen LogP contribution in [-0.2, 0) is 11.0 Å². The first-order valence-electron chi connectivity index (χ1n) is 6.97. The van der Waals surface area contributed by atoms with E-state index in [-0.39, 0.29) is 16.3 Å². The lowest BCUT2D eigenvalue weighted by atomic mass is 10.1. The van der Waals surface area contributed by atoms with E-state index in [1.807, 2.05) is 27.7 Å². The molecule has 1 heterocycles. The molecule has 7 heteroatoms. The average molecular weight is 342 g/mol. The highest BCUT2D eigenvalue weighted by Gasteiger charge is 2.23. The van der Waals surface area contributed by atoms with E-state index in [4.69, 9.17) is 11.6 Å². The van der Waals surface area contributed by atoms with Crippen LogP contribution in [0.25, 0.3) is 10.9 Å². The third kappa shape index (κ3) is 3.56. The third-order valence-electron chi connectivity index (χ3n) is 3.25. The van der Waals surface area contributed by atoms with E-state index >= 15 is 0 Å². The van der Waals surface area contributed by atoms with Gasteiger partial charge in [0, 0.05) is 11.1 Å². The van der Waals surface area contributed by atoms with Crippen molar-refractivity contribution in [2.45, 2.75) is 45.4 Å². The average Bonchev–Trinajstić information content (AvgIpc) is 2.36. The second-order valence-corrected chi connectivity index (χ2v) is 8.67. The minimum Gasteiger partial charge on any atom is -0.310 e. The summed E-state index contributed by atoms with van der Waals surface area (Å²) >= 11 is 6.31. The lowest BCUT2D eigenvalue weighted by Gasteiger charge is -2.22. The lowest BCUT2D eigenvalue weighted by molar-refractivity contribution is 0.616. The zero-order valence-corrected chi connectivity index (χ0v) is 14.9. The Morgan fingerprint density at radius 1 is 1.36 bits per heavy atom. The molecule has 0 aliphatic heterocycles. The summed E-state index contributed by atoms with van der Waals surface area (Å²) in [5.41, 5.74) is 1.08. The minimum atomic E-state index is -1.23. The Morgan fingerprint density at radius 2 is 2.00 bits per heavy atom. The zero-order chi connectivity index (χ0) is 16.7. The molecule has 0 bridgehead atoms. The summed E-state index contributed by atoms with van der Waals surface area (Å²) in [4.78, 5) is 19.0. The lowest BCUT2D eigenvalue weighted by Crippen LogP contribution is -2.35. The number of hydrogen-bond acceptors (Lipinski definition) is 3. The number of aryl methyl sites for hydroxylation is 1. The van der Waals surface area contributed by atoms with Crippen molar-refractivity contribution < 1.29 is 4.21 Å². The molecule has 0 saturated carbocycles. The van der Waals surface area contributed by atoms with E-state index in [0.29, 0.717) is 21.7 Å². The number of aromatic amines is 1.